The Kier molecular flexibility index (Phi) is 3.80. The van der Waals surface area contributed by atoms with Crippen LogP contribution in [0.2, 0.25) is 0 Å². The lowest BCUT2D eigenvalue weighted by atomic mass is 10.1. The van der Waals surface area contributed by atoms with Gasteiger partial charge in [0.15, 0.2) is 11.5 Å². The molecule has 104 valence electrons. The third kappa shape index (κ3) is 2.74. The van der Waals surface area contributed by atoms with E-state index in [0.29, 0.717) is 13.1 Å². The second-order valence-electron chi connectivity index (χ2n) is 4.58. The molecule has 0 aliphatic carbocycles. The highest BCUT2D eigenvalue weighted by Gasteiger charge is 2.17. The second-order valence-corrected chi connectivity index (χ2v) is 4.58. The Labute approximate surface area is 117 Å². The van der Waals surface area contributed by atoms with Crippen LogP contribution in [-0.4, -0.2) is 23.4 Å². The summed E-state index contributed by atoms with van der Waals surface area (Å²) in [6.07, 6.45) is 2.80. The first-order valence-electron chi connectivity index (χ1n) is 6.51. The van der Waals surface area contributed by atoms with E-state index in [1.54, 1.807) is 12.4 Å². The first-order chi connectivity index (χ1) is 9.84. The number of nitrogens with one attached hydrogen (secondary N) is 1. The number of para-hydroxylation sites is 1. The molecule has 1 atom stereocenters. The largest absolute Gasteiger partial charge is 0.454 e. The van der Waals surface area contributed by atoms with Crippen molar-refractivity contribution in [2.24, 2.45) is 0 Å². The normalized spacial score (nSPS) is 14.2. The molecule has 3 rings (SSSR count). The van der Waals surface area contributed by atoms with Crippen molar-refractivity contribution in [1.82, 2.24) is 10.3 Å². The van der Waals surface area contributed by atoms with Crippen molar-refractivity contribution in [2.75, 3.05) is 13.3 Å². The maximum absolute atomic E-state index is 10.0. The van der Waals surface area contributed by atoms with E-state index in [4.69, 9.17) is 9.47 Å². The van der Waals surface area contributed by atoms with E-state index in [2.05, 4.69) is 10.3 Å². The van der Waals surface area contributed by atoms with E-state index >= 15 is 0 Å². The number of benzene rings is 1. The molecule has 20 heavy (non-hydrogen) atoms. The quantitative estimate of drug-likeness (QED) is 0.866. The average molecular weight is 272 g/mol. The molecule has 0 spiro atoms. The number of fused-ring (bicyclic) bond motifs is 1. The van der Waals surface area contributed by atoms with Gasteiger partial charge in [0.1, 0.15) is 0 Å². The minimum Gasteiger partial charge on any atom is -0.454 e. The predicted molar refractivity (Wildman–Crippen MR) is 73.5 cm³/mol. The van der Waals surface area contributed by atoms with Gasteiger partial charge in [-0.3, -0.25) is 4.98 Å². The highest BCUT2D eigenvalue weighted by Crippen LogP contribution is 2.35. The molecule has 5 nitrogen and oxygen atoms in total. The number of nitrogens with zero attached hydrogens (tertiary/aromatic N) is 1. The number of ether oxygens (including phenoxy) is 2. The summed E-state index contributed by atoms with van der Waals surface area (Å²) in [7, 11) is 0. The van der Waals surface area contributed by atoms with E-state index in [9.17, 15) is 5.11 Å². The highest BCUT2D eigenvalue weighted by molar-refractivity contribution is 5.48. The first kappa shape index (κ1) is 12.9. The Hall–Kier alpha value is -2.11. The molecular weight excluding hydrogens is 256 g/mol. The van der Waals surface area contributed by atoms with Crippen molar-refractivity contribution in [2.45, 2.75) is 12.6 Å². The zero-order valence-electron chi connectivity index (χ0n) is 11.0. The molecule has 1 aliphatic heterocycles. The van der Waals surface area contributed by atoms with Crippen LogP contribution in [0.5, 0.6) is 11.5 Å². The highest BCUT2D eigenvalue weighted by atomic mass is 16.7. The molecule has 0 bridgehead atoms. The van der Waals surface area contributed by atoms with Gasteiger partial charge in [-0.25, -0.2) is 0 Å². The molecule has 0 saturated heterocycles. The van der Waals surface area contributed by atoms with Gasteiger partial charge in [-0.2, -0.15) is 0 Å². The summed E-state index contributed by atoms with van der Waals surface area (Å²) in [4.78, 5) is 3.93. The van der Waals surface area contributed by atoms with Gasteiger partial charge in [-0.05, 0) is 23.8 Å². The average Bonchev–Trinajstić information content (AvgIpc) is 2.97. The number of aromatic nitrogens is 1. The van der Waals surface area contributed by atoms with Crippen molar-refractivity contribution in [3.05, 3.63) is 53.9 Å². The Morgan fingerprint density at radius 3 is 2.90 bits per heavy atom. The number of hydrogen-bond donors (Lipinski definition) is 2. The zero-order chi connectivity index (χ0) is 13.8. The van der Waals surface area contributed by atoms with Gasteiger partial charge >= 0.3 is 0 Å². The van der Waals surface area contributed by atoms with Crippen LogP contribution in [0.4, 0.5) is 0 Å². The Morgan fingerprint density at radius 1 is 1.20 bits per heavy atom. The van der Waals surface area contributed by atoms with Crippen LogP contribution in [0, 0.1) is 0 Å². The fourth-order valence-corrected chi connectivity index (χ4v) is 2.18. The van der Waals surface area contributed by atoms with Crippen molar-refractivity contribution in [3.63, 3.8) is 0 Å². The van der Waals surface area contributed by atoms with Crippen molar-refractivity contribution in [1.29, 1.82) is 0 Å². The zero-order valence-corrected chi connectivity index (χ0v) is 11.0. The van der Waals surface area contributed by atoms with E-state index in [-0.39, 0.29) is 6.79 Å². The minimum absolute atomic E-state index is 0.270. The van der Waals surface area contributed by atoms with Crippen LogP contribution >= 0.6 is 0 Å². The van der Waals surface area contributed by atoms with E-state index in [0.717, 1.165) is 22.6 Å². The molecule has 2 N–H and O–H groups in total. The van der Waals surface area contributed by atoms with Gasteiger partial charge < -0.3 is 19.9 Å². The lowest BCUT2D eigenvalue weighted by molar-refractivity contribution is 0.170. The molecule has 1 aromatic carbocycles. The van der Waals surface area contributed by atoms with Gasteiger partial charge in [0.05, 0.1) is 6.10 Å². The van der Waals surface area contributed by atoms with Gasteiger partial charge in [-0.1, -0.05) is 12.1 Å². The van der Waals surface area contributed by atoms with Crippen LogP contribution in [0.25, 0.3) is 0 Å². The van der Waals surface area contributed by atoms with Crippen molar-refractivity contribution in [3.8, 4) is 11.5 Å². The summed E-state index contributed by atoms with van der Waals surface area (Å²) in [5.41, 5.74) is 1.88. The summed E-state index contributed by atoms with van der Waals surface area (Å²) < 4.78 is 10.8. The Bertz CT molecular complexity index is 575. The van der Waals surface area contributed by atoms with Crippen LogP contribution in [0.1, 0.15) is 17.2 Å². The molecule has 2 heterocycles. The standard InChI is InChI=1S/C15H16N2O3/c18-13(11-4-6-16-7-5-11)9-17-8-12-2-1-3-14-15(12)20-10-19-14/h1-7,13,17-18H,8-10H2. The maximum Gasteiger partial charge on any atom is 0.231 e. The SMILES string of the molecule is OC(CNCc1cccc2c1OCO2)c1ccncc1. The molecule has 0 radical (unpaired) electrons. The number of hydrogen-bond acceptors (Lipinski definition) is 5. The number of pyridine rings is 1. The van der Waals surface area contributed by atoms with E-state index in [1.807, 2.05) is 30.3 Å². The number of aliphatic hydroxyl groups is 1. The van der Waals surface area contributed by atoms with E-state index < -0.39 is 6.10 Å². The topological polar surface area (TPSA) is 63.6 Å². The molecule has 0 fully saturated rings. The van der Waals surface area contributed by atoms with Crippen LogP contribution in [-0.2, 0) is 6.54 Å². The Morgan fingerprint density at radius 2 is 2.05 bits per heavy atom. The molecule has 1 unspecified atom stereocenters. The van der Waals surface area contributed by atoms with Gasteiger partial charge in [0.25, 0.3) is 0 Å². The summed E-state index contributed by atoms with van der Waals surface area (Å²) in [5, 5.41) is 13.3. The molecule has 1 aromatic heterocycles. The lowest BCUT2D eigenvalue weighted by Crippen LogP contribution is -2.21. The van der Waals surface area contributed by atoms with Gasteiger partial charge in [-0.15, -0.1) is 0 Å². The second kappa shape index (κ2) is 5.90. The molecule has 0 amide bonds. The molecular formula is C15H16N2O3. The fraction of sp³-hybridized carbons (Fsp3) is 0.267. The fourth-order valence-electron chi connectivity index (χ4n) is 2.18. The Balaban J connectivity index is 1.57. The smallest absolute Gasteiger partial charge is 0.231 e. The van der Waals surface area contributed by atoms with Crippen LogP contribution in [0.3, 0.4) is 0 Å². The third-order valence-corrected chi connectivity index (χ3v) is 3.22. The molecule has 2 aromatic rings. The summed E-state index contributed by atoms with van der Waals surface area (Å²) in [5.74, 6) is 1.57. The van der Waals surface area contributed by atoms with Gasteiger partial charge in [0, 0.05) is 31.0 Å². The monoisotopic (exact) mass is 272 g/mol. The maximum atomic E-state index is 10.0. The van der Waals surface area contributed by atoms with E-state index in [1.165, 1.54) is 0 Å². The minimum atomic E-state index is -0.549. The van der Waals surface area contributed by atoms with Crippen molar-refractivity contribution >= 4 is 0 Å². The predicted octanol–water partition coefficient (Wildman–Crippen LogP) is 1.63. The number of rotatable bonds is 5. The van der Waals surface area contributed by atoms with Gasteiger partial charge in [0.2, 0.25) is 6.79 Å². The van der Waals surface area contributed by atoms with Crippen molar-refractivity contribution < 1.29 is 14.6 Å². The third-order valence-electron chi connectivity index (χ3n) is 3.22. The summed E-state index contributed by atoms with van der Waals surface area (Å²) in [6.45, 7) is 1.36. The first-order valence-corrected chi connectivity index (χ1v) is 6.51. The lowest BCUT2D eigenvalue weighted by Gasteiger charge is -2.12. The summed E-state index contributed by atoms with van der Waals surface area (Å²) >= 11 is 0. The number of aliphatic hydroxyl groups excluding tert-OH is 1. The van der Waals surface area contributed by atoms with Crippen LogP contribution < -0.4 is 14.8 Å². The molecule has 0 saturated carbocycles. The van der Waals surface area contributed by atoms with Crippen LogP contribution in [0.15, 0.2) is 42.7 Å². The molecule has 5 heteroatoms. The summed E-state index contributed by atoms with van der Waals surface area (Å²) in [6, 6.07) is 9.42. The molecule has 1 aliphatic rings.